The third-order valence-electron chi connectivity index (χ3n) is 2.80. The molecule has 0 amide bonds. The number of nitrogens with zero attached hydrogens (tertiary/aromatic N) is 1. The van der Waals surface area contributed by atoms with Crippen molar-refractivity contribution in [2.24, 2.45) is 0 Å². The number of hydrogen-bond acceptors (Lipinski definition) is 3. The van der Waals surface area contributed by atoms with Gasteiger partial charge < -0.3 is 5.32 Å². The minimum atomic E-state index is -0.341. The molecular weight excluding hydrogens is 271 g/mol. The third-order valence-corrected chi connectivity index (χ3v) is 3.88. The van der Waals surface area contributed by atoms with Crippen LogP contribution in [-0.4, -0.2) is 12.0 Å². The summed E-state index contributed by atoms with van der Waals surface area (Å²) in [5.41, 5.74) is 1.55. The first-order valence-electron chi connectivity index (χ1n) is 5.64. The smallest absolute Gasteiger partial charge is 0.145 e. The van der Waals surface area contributed by atoms with E-state index in [0.717, 1.165) is 10.7 Å². The summed E-state index contributed by atoms with van der Waals surface area (Å²) in [7, 11) is 1.85. The molecule has 1 N–H and O–H groups in total. The van der Waals surface area contributed by atoms with Gasteiger partial charge in [0.2, 0.25) is 0 Å². The highest BCUT2D eigenvalue weighted by molar-refractivity contribution is 7.09. The number of benzene rings is 1. The lowest BCUT2D eigenvalue weighted by atomic mass is 10.0. The van der Waals surface area contributed by atoms with Gasteiger partial charge in [-0.2, -0.15) is 0 Å². The first kappa shape index (κ1) is 13.5. The Hall–Kier alpha value is -0.970. The topological polar surface area (TPSA) is 24.9 Å². The Morgan fingerprint density at radius 2 is 2.28 bits per heavy atom. The second kappa shape index (κ2) is 5.78. The number of thiazole rings is 1. The highest BCUT2D eigenvalue weighted by atomic mass is 35.5. The largest absolute Gasteiger partial charge is 0.311 e. The predicted molar refractivity (Wildman–Crippen MR) is 73.8 cm³/mol. The average molecular weight is 285 g/mol. The van der Waals surface area contributed by atoms with Crippen molar-refractivity contribution in [1.82, 2.24) is 10.3 Å². The molecule has 0 bridgehead atoms. The molecule has 0 saturated carbocycles. The Morgan fingerprint density at radius 1 is 1.50 bits per heavy atom. The molecule has 0 aliphatic carbocycles. The quantitative estimate of drug-likeness (QED) is 0.925. The Bertz CT molecular complexity index is 542. The highest BCUT2D eigenvalue weighted by Gasteiger charge is 2.16. The second-order valence-corrected chi connectivity index (χ2v) is 5.52. The van der Waals surface area contributed by atoms with Crippen molar-refractivity contribution < 1.29 is 4.39 Å². The maximum atomic E-state index is 13.8. The minimum absolute atomic E-state index is 0.00270. The molecular formula is C13H14ClFN2S. The van der Waals surface area contributed by atoms with E-state index in [1.165, 1.54) is 0 Å². The van der Waals surface area contributed by atoms with Crippen LogP contribution >= 0.6 is 22.9 Å². The summed E-state index contributed by atoms with van der Waals surface area (Å²) in [6.45, 7) is 1.96. The molecule has 0 fully saturated rings. The van der Waals surface area contributed by atoms with Gasteiger partial charge in [0.25, 0.3) is 0 Å². The lowest BCUT2D eigenvalue weighted by Crippen LogP contribution is -2.19. The van der Waals surface area contributed by atoms with E-state index in [1.807, 2.05) is 19.4 Å². The van der Waals surface area contributed by atoms with Gasteiger partial charge in [-0.05, 0) is 32.0 Å². The minimum Gasteiger partial charge on any atom is -0.311 e. The van der Waals surface area contributed by atoms with Crippen LogP contribution in [0.25, 0.3) is 0 Å². The van der Waals surface area contributed by atoms with E-state index in [1.54, 1.807) is 29.5 Å². The fourth-order valence-electron chi connectivity index (χ4n) is 1.82. The summed E-state index contributed by atoms with van der Waals surface area (Å²) in [6, 6.07) is 5.08. The maximum absolute atomic E-state index is 13.8. The van der Waals surface area contributed by atoms with E-state index in [4.69, 9.17) is 11.6 Å². The lowest BCUT2D eigenvalue weighted by molar-refractivity contribution is 0.546. The van der Waals surface area contributed by atoms with Crippen LogP contribution < -0.4 is 5.32 Å². The molecule has 0 spiro atoms. The van der Waals surface area contributed by atoms with Crippen molar-refractivity contribution in [2.45, 2.75) is 19.4 Å². The monoisotopic (exact) mass is 284 g/mol. The van der Waals surface area contributed by atoms with Gasteiger partial charge in [-0.3, -0.25) is 0 Å². The summed E-state index contributed by atoms with van der Waals surface area (Å²) in [5, 5.41) is 6.33. The third kappa shape index (κ3) is 2.88. The molecule has 0 aliphatic rings. The van der Waals surface area contributed by atoms with Crippen LogP contribution in [-0.2, 0) is 6.42 Å². The van der Waals surface area contributed by atoms with Crippen molar-refractivity contribution in [2.75, 3.05) is 7.05 Å². The van der Waals surface area contributed by atoms with Gasteiger partial charge in [0.1, 0.15) is 5.82 Å². The number of hydrogen-bond donors (Lipinski definition) is 1. The molecule has 2 nitrogen and oxygen atoms in total. The van der Waals surface area contributed by atoms with E-state index in [9.17, 15) is 4.39 Å². The van der Waals surface area contributed by atoms with Crippen LogP contribution in [0.1, 0.15) is 22.3 Å². The zero-order chi connectivity index (χ0) is 13.1. The molecule has 1 heterocycles. The molecule has 0 radical (unpaired) electrons. The van der Waals surface area contributed by atoms with Crippen LogP contribution in [0.5, 0.6) is 0 Å². The van der Waals surface area contributed by atoms with Crippen molar-refractivity contribution in [3.63, 3.8) is 0 Å². The number of rotatable bonds is 4. The molecule has 1 atom stereocenters. The fraction of sp³-hybridized carbons (Fsp3) is 0.308. The molecule has 96 valence electrons. The summed E-state index contributed by atoms with van der Waals surface area (Å²) in [5.74, 6) is -0.341. The summed E-state index contributed by atoms with van der Waals surface area (Å²) in [4.78, 5) is 4.43. The SMILES string of the molecule is CNC(Cc1cccc(Cl)c1F)c1csc(C)n1. The summed E-state index contributed by atoms with van der Waals surface area (Å²) >= 11 is 7.38. The molecule has 1 unspecified atom stereocenters. The van der Waals surface area contributed by atoms with Crippen LogP contribution in [0.4, 0.5) is 4.39 Å². The molecule has 2 rings (SSSR count). The van der Waals surface area contributed by atoms with E-state index >= 15 is 0 Å². The highest BCUT2D eigenvalue weighted by Crippen LogP contribution is 2.24. The number of likely N-dealkylation sites (N-methyl/N-ethyl adjacent to an activating group) is 1. The van der Waals surface area contributed by atoms with E-state index in [2.05, 4.69) is 10.3 Å². The van der Waals surface area contributed by atoms with Crippen molar-refractivity contribution >= 4 is 22.9 Å². The lowest BCUT2D eigenvalue weighted by Gasteiger charge is -2.14. The standard InChI is InChI=1S/C13H14ClFN2S/c1-8-17-12(7-18-8)11(16-2)6-9-4-3-5-10(14)13(9)15/h3-5,7,11,16H,6H2,1-2H3. The van der Waals surface area contributed by atoms with Crippen LogP contribution in [0.15, 0.2) is 23.6 Å². The first-order chi connectivity index (χ1) is 8.61. The van der Waals surface area contributed by atoms with Gasteiger partial charge >= 0.3 is 0 Å². The van der Waals surface area contributed by atoms with Gasteiger partial charge in [-0.15, -0.1) is 11.3 Å². The van der Waals surface area contributed by atoms with Gasteiger partial charge in [0.15, 0.2) is 0 Å². The summed E-state index contributed by atoms with van der Waals surface area (Å²) < 4.78 is 13.8. The Balaban J connectivity index is 2.23. The average Bonchev–Trinajstić information content (AvgIpc) is 2.78. The molecule has 1 aromatic heterocycles. The molecule has 0 aliphatic heterocycles. The van der Waals surface area contributed by atoms with Crippen LogP contribution in [0.3, 0.4) is 0 Å². The number of nitrogens with one attached hydrogen (secondary N) is 1. The number of aromatic nitrogens is 1. The van der Waals surface area contributed by atoms with Gasteiger partial charge in [-0.25, -0.2) is 9.37 Å². The number of halogens is 2. The Labute approximate surface area is 115 Å². The normalized spacial score (nSPS) is 12.7. The van der Waals surface area contributed by atoms with Gasteiger partial charge in [-0.1, -0.05) is 23.7 Å². The van der Waals surface area contributed by atoms with Crippen molar-refractivity contribution in [3.05, 3.63) is 50.7 Å². The molecule has 0 saturated heterocycles. The van der Waals surface area contributed by atoms with Crippen LogP contribution in [0.2, 0.25) is 5.02 Å². The van der Waals surface area contributed by atoms with Gasteiger partial charge in [0, 0.05) is 5.38 Å². The molecule has 5 heteroatoms. The first-order valence-corrected chi connectivity index (χ1v) is 6.89. The predicted octanol–water partition coefficient (Wildman–Crippen LogP) is 3.75. The van der Waals surface area contributed by atoms with E-state index < -0.39 is 0 Å². The molecule has 2 aromatic rings. The molecule has 1 aromatic carbocycles. The zero-order valence-electron chi connectivity index (χ0n) is 10.2. The second-order valence-electron chi connectivity index (χ2n) is 4.05. The Morgan fingerprint density at radius 3 is 2.89 bits per heavy atom. The fourth-order valence-corrected chi connectivity index (χ4v) is 2.68. The zero-order valence-corrected chi connectivity index (χ0v) is 11.8. The van der Waals surface area contributed by atoms with E-state index in [0.29, 0.717) is 12.0 Å². The van der Waals surface area contributed by atoms with Crippen molar-refractivity contribution in [1.29, 1.82) is 0 Å². The van der Waals surface area contributed by atoms with Crippen LogP contribution in [0, 0.1) is 12.7 Å². The van der Waals surface area contributed by atoms with Gasteiger partial charge in [0.05, 0.1) is 21.8 Å². The van der Waals surface area contributed by atoms with E-state index in [-0.39, 0.29) is 16.9 Å². The maximum Gasteiger partial charge on any atom is 0.145 e. The summed E-state index contributed by atoms with van der Waals surface area (Å²) in [6.07, 6.45) is 0.534. The molecule has 18 heavy (non-hydrogen) atoms. The number of aryl methyl sites for hydroxylation is 1. The Kier molecular flexibility index (Phi) is 4.32. The van der Waals surface area contributed by atoms with Crippen molar-refractivity contribution in [3.8, 4) is 0 Å².